The molecule has 1 saturated carbocycles. The van der Waals surface area contributed by atoms with E-state index < -0.39 is 0 Å². The Hall–Kier alpha value is -0.650. The third kappa shape index (κ3) is 4.43. The Morgan fingerprint density at radius 1 is 1.30 bits per heavy atom. The van der Waals surface area contributed by atoms with Crippen molar-refractivity contribution in [3.63, 3.8) is 0 Å². The van der Waals surface area contributed by atoms with E-state index in [-0.39, 0.29) is 23.2 Å². The van der Waals surface area contributed by atoms with E-state index in [1.54, 1.807) is 0 Å². The van der Waals surface area contributed by atoms with Crippen molar-refractivity contribution in [2.45, 2.75) is 70.2 Å². The molecule has 20 heavy (non-hydrogen) atoms. The fraction of sp³-hybridized carbons (Fsp3) is 0.933. The molecule has 1 unspecified atom stereocenters. The summed E-state index contributed by atoms with van der Waals surface area (Å²) in [5.74, 6) is 0.130. The third-order valence-electron chi connectivity index (χ3n) is 3.87. The molecule has 1 aliphatic carbocycles. The van der Waals surface area contributed by atoms with Crippen LogP contribution in [-0.2, 0) is 9.53 Å². The minimum Gasteiger partial charge on any atom is -0.367 e. The molecular weight excluding hydrogens is 254 g/mol. The Morgan fingerprint density at radius 2 is 1.85 bits per heavy atom. The van der Waals surface area contributed by atoms with E-state index in [4.69, 9.17) is 10.5 Å². The molecule has 0 aromatic carbocycles. The molecule has 2 rings (SSSR count). The second kappa shape index (κ2) is 5.62. The Bertz CT molecular complexity index is 348. The number of morpholine rings is 1. The van der Waals surface area contributed by atoms with Gasteiger partial charge in [-0.3, -0.25) is 9.69 Å². The van der Waals surface area contributed by atoms with Gasteiger partial charge >= 0.3 is 0 Å². The molecule has 0 spiro atoms. The molecule has 1 atom stereocenters. The number of nitrogens with two attached hydrogens (primary N) is 1. The minimum atomic E-state index is -0.206. The molecule has 1 aliphatic heterocycles. The van der Waals surface area contributed by atoms with Crippen LogP contribution in [0.25, 0.3) is 0 Å². The molecule has 5 nitrogen and oxygen atoms in total. The summed E-state index contributed by atoms with van der Waals surface area (Å²) in [4.78, 5) is 14.3. The lowest BCUT2D eigenvalue weighted by molar-refractivity contribution is -0.187. The van der Waals surface area contributed by atoms with Gasteiger partial charge in [0.25, 0.3) is 0 Å². The predicted molar refractivity (Wildman–Crippen MR) is 79.4 cm³/mol. The van der Waals surface area contributed by atoms with Crippen molar-refractivity contribution in [3.05, 3.63) is 0 Å². The summed E-state index contributed by atoms with van der Waals surface area (Å²) in [7, 11) is 0. The highest BCUT2D eigenvalue weighted by Gasteiger charge is 2.40. The zero-order valence-electron chi connectivity index (χ0n) is 13.2. The van der Waals surface area contributed by atoms with Gasteiger partial charge in [0, 0.05) is 38.1 Å². The van der Waals surface area contributed by atoms with Gasteiger partial charge in [0.15, 0.2) is 0 Å². The zero-order chi connectivity index (χ0) is 15.0. The molecular formula is C15H29N3O2. The van der Waals surface area contributed by atoms with Gasteiger partial charge < -0.3 is 15.8 Å². The number of carbonyl (C=O) groups excluding carboxylic acids is 1. The quantitative estimate of drug-likeness (QED) is 0.786. The maximum absolute atomic E-state index is 12.0. The topological polar surface area (TPSA) is 67.6 Å². The smallest absolute Gasteiger partial charge is 0.221 e. The van der Waals surface area contributed by atoms with Crippen LogP contribution in [0.1, 0.15) is 47.0 Å². The monoisotopic (exact) mass is 283 g/mol. The molecule has 2 aliphatic rings. The number of nitrogens with zero attached hydrogens (tertiary/aromatic N) is 1. The number of ether oxygens (including phenoxy) is 1. The average molecular weight is 283 g/mol. The van der Waals surface area contributed by atoms with Crippen LogP contribution in [0.2, 0.25) is 0 Å². The van der Waals surface area contributed by atoms with E-state index in [0.717, 1.165) is 25.9 Å². The SMILES string of the molecule is CC1(C)CN(C(CN)CC(=O)NC2CC2)CC(C)(C)O1. The number of hydrogen-bond acceptors (Lipinski definition) is 4. The Balaban J connectivity index is 1.96. The Kier molecular flexibility index (Phi) is 4.42. The normalized spacial score (nSPS) is 27.1. The lowest BCUT2D eigenvalue weighted by atomic mass is 9.96. The number of hydrogen-bond donors (Lipinski definition) is 2. The standard InChI is InChI=1S/C15H29N3O2/c1-14(2)9-18(10-15(3,4)20-14)12(8-16)7-13(19)17-11-5-6-11/h11-12H,5-10,16H2,1-4H3,(H,17,19). The average Bonchev–Trinajstić information content (AvgIpc) is 3.05. The maximum Gasteiger partial charge on any atom is 0.221 e. The number of amides is 1. The van der Waals surface area contributed by atoms with Crippen molar-refractivity contribution in [1.82, 2.24) is 10.2 Å². The van der Waals surface area contributed by atoms with Gasteiger partial charge in [0.05, 0.1) is 11.2 Å². The van der Waals surface area contributed by atoms with Crippen LogP contribution in [-0.4, -0.2) is 53.7 Å². The third-order valence-corrected chi connectivity index (χ3v) is 3.87. The largest absolute Gasteiger partial charge is 0.367 e. The maximum atomic E-state index is 12.0. The van der Waals surface area contributed by atoms with Crippen molar-refractivity contribution in [2.75, 3.05) is 19.6 Å². The van der Waals surface area contributed by atoms with Crippen LogP contribution in [0.4, 0.5) is 0 Å². The van der Waals surface area contributed by atoms with E-state index in [1.165, 1.54) is 0 Å². The van der Waals surface area contributed by atoms with Crippen molar-refractivity contribution >= 4 is 5.91 Å². The fourth-order valence-corrected chi connectivity index (χ4v) is 3.19. The van der Waals surface area contributed by atoms with Gasteiger partial charge in [-0.05, 0) is 40.5 Å². The zero-order valence-corrected chi connectivity index (χ0v) is 13.2. The summed E-state index contributed by atoms with van der Waals surface area (Å²) in [5, 5.41) is 3.05. The summed E-state index contributed by atoms with van der Waals surface area (Å²) in [6.45, 7) is 10.5. The van der Waals surface area contributed by atoms with Crippen LogP contribution in [0.5, 0.6) is 0 Å². The fourth-order valence-electron chi connectivity index (χ4n) is 3.19. The van der Waals surface area contributed by atoms with E-state index in [9.17, 15) is 4.79 Å². The van der Waals surface area contributed by atoms with Gasteiger partial charge in [0.2, 0.25) is 5.91 Å². The van der Waals surface area contributed by atoms with Gasteiger partial charge in [-0.1, -0.05) is 0 Å². The van der Waals surface area contributed by atoms with E-state index in [0.29, 0.717) is 19.0 Å². The molecule has 0 bridgehead atoms. The molecule has 5 heteroatoms. The summed E-state index contributed by atoms with van der Waals surface area (Å²) in [5.41, 5.74) is 5.50. The van der Waals surface area contributed by atoms with Gasteiger partial charge in [-0.15, -0.1) is 0 Å². The summed E-state index contributed by atoms with van der Waals surface area (Å²) in [6.07, 6.45) is 2.73. The molecule has 2 fully saturated rings. The molecule has 1 amide bonds. The summed E-state index contributed by atoms with van der Waals surface area (Å²) < 4.78 is 6.08. The summed E-state index contributed by atoms with van der Waals surface area (Å²) in [6, 6.07) is 0.509. The Labute approximate surface area is 122 Å². The highest BCUT2D eigenvalue weighted by molar-refractivity contribution is 5.77. The molecule has 3 N–H and O–H groups in total. The van der Waals surface area contributed by atoms with Crippen molar-refractivity contribution < 1.29 is 9.53 Å². The first-order chi connectivity index (χ1) is 9.21. The van der Waals surface area contributed by atoms with Gasteiger partial charge in [-0.2, -0.15) is 0 Å². The second-order valence-electron chi connectivity index (χ2n) is 7.46. The van der Waals surface area contributed by atoms with E-state index in [2.05, 4.69) is 37.9 Å². The molecule has 0 aromatic rings. The van der Waals surface area contributed by atoms with Gasteiger partial charge in [0.1, 0.15) is 0 Å². The van der Waals surface area contributed by atoms with Crippen LogP contribution in [0, 0.1) is 0 Å². The first-order valence-electron chi connectivity index (χ1n) is 7.64. The van der Waals surface area contributed by atoms with Crippen LogP contribution >= 0.6 is 0 Å². The van der Waals surface area contributed by atoms with Crippen LogP contribution < -0.4 is 11.1 Å². The predicted octanol–water partition coefficient (Wildman–Crippen LogP) is 0.872. The lowest BCUT2D eigenvalue weighted by Crippen LogP contribution is -2.61. The number of nitrogens with one attached hydrogen (secondary N) is 1. The van der Waals surface area contributed by atoms with E-state index >= 15 is 0 Å². The van der Waals surface area contributed by atoms with Crippen LogP contribution in [0.3, 0.4) is 0 Å². The van der Waals surface area contributed by atoms with Crippen molar-refractivity contribution in [1.29, 1.82) is 0 Å². The second-order valence-corrected chi connectivity index (χ2v) is 7.46. The molecule has 1 heterocycles. The van der Waals surface area contributed by atoms with Gasteiger partial charge in [-0.25, -0.2) is 0 Å². The molecule has 116 valence electrons. The summed E-state index contributed by atoms with van der Waals surface area (Å²) >= 11 is 0. The molecule has 1 saturated heterocycles. The Morgan fingerprint density at radius 3 is 2.30 bits per heavy atom. The number of carbonyl (C=O) groups is 1. The van der Waals surface area contributed by atoms with Crippen LogP contribution in [0.15, 0.2) is 0 Å². The lowest BCUT2D eigenvalue weighted by Gasteiger charge is -2.49. The number of rotatable bonds is 5. The molecule has 0 radical (unpaired) electrons. The highest BCUT2D eigenvalue weighted by atomic mass is 16.5. The van der Waals surface area contributed by atoms with E-state index in [1.807, 2.05) is 0 Å². The first kappa shape index (κ1) is 15.7. The van der Waals surface area contributed by atoms with Crippen molar-refractivity contribution in [2.24, 2.45) is 5.73 Å². The first-order valence-corrected chi connectivity index (χ1v) is 7.64. The highest BCUT2D eigenvalue weighted by Crippen LogP contribution is 2.29. The minimum absolute atomic E-state index is 0.0937. The van der Waals surface area contributed by atoms with Crippen molar-refractivity contribution in [3.8, 4) is 0 Å². The molecule has 0 aromatic heterocycles.